The molecule has 1 saturated heterocycles. The van der Waals surface area contributed by atoms with Crippen LogP contribution in [0.4, 0.5) is 5.69 Å². The summed E-state index contributed by atoms with van der Waals surface area (Å²) in [5, 5.41) is 3.33. The maximum atomic E-state index is 12.8. The summed E-state index contributed by atoms with van der Waals surface area (Å²) in [6, 6.07) is 15.8. The summed E-state index contributed by atoms with van der Waals surface area (Å²) >= 11 is 0. The molecule has 1 N–H and O–H groups in total. The summed E-state index contributed by atoms with van der Waals surface area (Å²) < 4.78 is 0. The van der Waals surface area contributed by atoms with E-state index in [0.29, 0.717) is 11.6 Å². The molecule has 0 aromatic heterocycles. The molecule has 142 valence electrons. The maximum Gasteiger partial charge on any atom is 0.253 e. The number of hydrogen-bond acceptors (Lipinski definition) is 3. The molecule has 0 atom stereocenters. The van der Waals surface area contributed by atoms with Gasteiger partial charge in [0.1, 0.15) is 0 Å². The highest BCUT2D eigenvalue weighted by Crippen LogP contribution is 2.30. The lowest BCUT2D eigenvalue weighted by atomic mass is 10.00. The molecule has 1 heterocycles. The van der Waals surface area contributed by atoms with E-state index >= 15 is 0 Å². The first-order valence-electron chi connectivity index (χ1n) is 9.40. The molecular weight excluding hydrogens is 338 g/mol. The van der Waals surface area contributed by atoms with Crippen molar-refractivity contribution < 1.29 is 9.59 Å². The van der Waals surface area contributed by atoms with Crippen LogP contribution in [-0.4, -0.2) is 49.9 Å². The molecule has 1 fully saturated rings. The lowest BCUT2D eigenvalue weighted by Gasteiger charge is -2.31. The zero-order chi connectivity index (χ0) is 19.4. The fraction of sp³-hybridized carbons (Fsp3) is 0.364. The Morgan fingerprint density at radius 1 is 0.963 bits per heavy atom. The lowest BCUT2D eigenvalue weighted by molar-refractivity contribution is -0.116. The molecule has 27 heavy (non-hydrogen) atoms. The van der Waals surface area contributed by atoms with Crippen LogP contribution in [0.2, 0.25) is 0 Å². The minimum Gasteiger partial charge on any atom is -0.339 e. The molecular formula is C22H27N3O2. The summed E-state index contributed by atoms with van der Waals surface area (Å²) in [4.78, 5) is 28.1. The topological polar surface area (TPSA) is 52.7 Å². The molecule has 2 aromatic carbocycles. The van der Waals surface area contributed by atoms with Crippen molar-refractivity contribution in [2.75, 3.05) is 32.1 Å². The Hall–Kier alpha value is -2.66. The smallest absolute Gasteiger partial charge is 0.253 e. The van der Waals surface area contributed by atoms with Crippen LogP contribution in [0.3, 0.4) is 0 Å². The van der Waals surface area contributed by atoms with Gasteiger partial charge in [-0.15, -0.1) is 0 Å². The Labute approximate surface area is 161 Å². The number of anilines is 1. The largest absolute Gasteiger partial charge is 0.339 e. The van der Waals surface area contributed by atoms with Gasteiger partial charge in [-0.3, -0.25) is 9.59 Å². The summed E-state index contributed by atoms with van der Waals surface area (Å²) in [6.45, 7) is 3.47. The monoisotopic (exact) mass is 365 g/mol. The quantitative estimate of drug-likeness (QED) is 0.905. The number of piperidine rings is 1. The van der Waals surface area contributed by atoms with Gasteiger partial charge in [-0.2, -0.15) is 0 Å². The zero-order valence-corrected chi connectivity index (χ0v) is 16.2. The minimum absolute atomic E-state index is 0.0159. The number of nitrogens with one attached hydrogen (secondary N) is 1. The van der Waals surface area contributed by atoms with E-state index in [1.807, 2.05) is 60.5 Å². The standard InChI is InChI=1S/C22H27N3O2/c1-16(26)24(2)21-7-5-4-6-20(21)17-8-10-18(11-9-17)22(27)25(3)19-12-14-23-15-13-19/h4-11,19,23H,12-15H2,1-3H3. The molecule has 5 nitrogen and oxygen atoms in total. The average molecular weight is 365 g/mol. The number of benzene rings is 2. The number of carbonyl (C=O) groups excluding carboxylic acids is 2. The predicted octanol–water partition coefficient (Wildman–Crippen LogP) is 3.16. The molecule has 2 amide bonds. The van der Waals surface area contributed by atoms with Gasteiger partial charge in [-0.25, -0.2) is 0 Å². The molecule has 0 saturated carbocycles. The van der Waals surface area contributed by atoms with Gasteiger partial charge in [0.05, 0.1) is 5.69 Å². The number of hydrogen-bond donors (Lipinski definition) is 1. The second-order valence-corrected chi connectivity index (χ2v) is 7.07. The van der Waals surface area contributed by atoms with Crippen LogP contribution in [0.25, 0.3) is 11.1 Å². The van der Waals surface area contributed by atoms with E-state index in [-0.39, 0.29) is 11.8 Å². The molecule has 1 aliphatic heterocycles. The Kier molecular flexibility index (Phi) is 5.91. The van der Waals surface area contributed by atoms with Crippen LogP contribution in [0, 0.1) is 0 Å². The van der Waals surface area contributed by atoms with Gasteiger partial charge in [0, 0.05) is 38.2 Å². The molecule has 2 aromatic rings. The van der Waals surface area contributed by atoms with Gasteiger partial charge in [0.25, 0.3) is 5.91 Å². The second-order valence-electron chi connectivity index (χ2n) is 7.07. The molecule has 3 rings (SSSR count). The number of amides is 2. The molecule has 0 unspecified atom stereocenters. The van der Waals surface area contributed by atoms with E-state index in [2.05, 4.69) is 5.32 Å². The number of nitrogens with zero attached hydrogens (tertiary/aromatic N) is 2. The van der Waals surface area contributed by atoms with Gasteiger partial charge in [0.2, 0.25) is 5.91 Å². The van der Waals surface area contributed by atoms with Crippen molar-refractivity contribution in [1.29, 1.82) is 0 Å². The van der Waals surface area contributed by atoms with Crippen LogP contribution < -0.4 is 10.2 Å². The third-order valence-corrected chi connectivity index (χ3v) is 5.36. The van der Waals surface area contributed by atoms with Crippen molar-refractivity contribution in [3.8, 4) is 11.1 Å². The highest BCUT2D eigenvalue weighted by molar-refractivity contribution is 5.97. The van der Waals surface area contributed by atoms with E-state index < -0.39 is 0 Å². The predicted molar refractivity (Wildman–Crippen MR) is 109 cm³/mol. The van der Waals surface area contributed by atoms with Crippen molar-refractivity contribution in [2.45, 2.75) is 25.8 Å². The van der Waals surface area contributed by atoms with Gasteiger partial charge in [0.15, 0.2) is 0 Å². The minimum atomic E-state index is -0.0159. The van der Waals surface area contributed by atoms with Crippen molar-refractivity contribution in [3.63, 3.8) is 0 Å². The fourth-order valence-electron chi connectivity index (χ4n) is 3.54. The maximum absolute atomic E-state index is 12.8. The van der Waals surface area contributed by atoms with E-state index in [4.69, 9.17) is 0 Å². The summed E-state index contributed by atoms with van der Waals surface area (Å²) in [6.07, 6.45) is 1.98. The fourth-order valence-corrected chi connectivity index (χ4v) is 3.54. The molecule has 5 heteroatoms. The molecule has 0 radical (unpaired) electrons. The highest BCUT2D eigenvalue weighted by Gasteiger charge is 2.23. The Morgan fingerprint density at radius 3 is 2.22 bits per heavy atom. The SMILES string of the molecule is CC(=O)N(C)c1ccccc1-c1ccc(C(=O)N(C)C2CCNCC2)cc1. The first-order chi connectivity index (χ1) is 13.0. The van der Waals surface area contributed by atoms with Gasteiger partial charge >= 0.3 is 0 Å². The summed E-state index contributed by atoms with van der Waals surface area (Å²) in [5.74, 6) is 0.0421. The highest BCUT2D eigenvalue weighted by atomic mass is 16.2. The lowest BCUT2D eigenvalue weighted by Crippen LogP contribution is -2.43. The second kappa shape index (κ2) is 8.35. The van der Waals surface area contributed by atoms with Gasteiger partial charge in [-0.05, 0) is 49.7 Å². The van der Waals surface area contributed by atoms with E-state index in [0.717, 1.165) is 42.7 Å². The molecule has 0 aliphatic carbocycles. The van der Waals surface area contributed by atoms with Crippen molar-refractivity contribution in [1.82, 2.24) is 10.2 Å². The van der Waals surface area contributed by atoms with E-state index in [1.54, 1.807) is 18.9 Å². The van der Waals surface area contributed by atoms with Crippen molar-refractivity contribution in [3.05, 3.63) is 54.1 Å². The Balaban J connectivity index is 1.82. The van der Waals surface area contributed by atoms with Crippen molar-refractivity contribution in [2.24, 2.45) is 0 Å². The molecule has 1 aliphatic rings. The van der Waals surface area contributed by atoms with Crippen LogP contribution in [0.15, 0.2) is 48.5 Å². The first-order valence-corrected chi connectivity index (χ1v) is 9.40. The number of para-hydroxylation sites is 1. The zero-order valence-electron chi connectivity index (χ0n) is 16.2. The van der Waals surface area contributed by atoms with Gasteiger partial charge in [-0.1, -0.05) is 30.3 Å². The average Bonchev–Trinajstić information content (AvgIpc) is 2.73. The first kappa shape index (κ1) is 19.1. The number of carbonyl (C=O) groups is 2. The molecule has 0 spiro atoms. The third kappa shape index (κ3) is 4.19. The summed E-state index contributed by atoms with van der Waals surface area (Å²) in [5.41, 5.74) is 3.51. The Bertz CT molecular complexity index is 811. The normalized spacial score (nSPS) is 14.6. The van der Waals surface area contributed by atoms with Crippen LogP contribution >= 0.6 is 0 Å². The number of rotatable bonds is 4. The van der Waals surface area contributed by atoms with Crippen molar-refractivity contribution >= 4 is 17.5 Å². The summed E-state index contributed by atoms with van der Waals surface area (Å²) in [7, 11) is 3.66. The third-order valence-electron chi connectivity index (χ3n) is 5.36. The van der Waals surface area contributed by atoms with Crippen LogP contribution in [0.1, 0.15) is 30.1 Å². The Morgan fingerprint density at radius 2 is 1.59 bits per heavy atom. The van der Waals surface area contributed by atoms with Crippen LogP contribution in [-0.2, 0) is 4.79 Å². The van der Waals surface area contributed by atoms with Crippen LogP contribution in [0.5, 0.6) is 0 Å². The van der Waals surface area contributed by atoms with E-state index in [9.17, 15) is 9.59 Å². The van der Waals surface area contributed by atoms with Gasteiger partial charge < -0.3 is 15.1 Å². The molecule has 0 bridgehead atoms. The van der Waals surface area contributed by atoms with E-state index in [1.165, 1.54) is 0 Å².